The second kappa shape index (κ2) is 12.1. The Kier molecular flexibility index (Phi) is 7.46. The zero-order chi connectivity index (χ0) is 37.5. The molecule has 2 nitrogen and oxygen atoms in total. The summed E-state index contributed by atoms with van der Waals surface area (Å²) in [6, 6.07) is 34.6. The molecule has 0 amide bonds. The number of fused-ring (bicyclic) bond motifs is 6. The van der Waals surface area contributed by atoms with E-state index in [0.717, 1.165) is 28.8 Å². The van der Waals surface area contributed by atoms with Crippen molar-refractivity contribution >= 4 is 43.6 Å². The van der Waals surface area contributed by atoms with Crippen LogP contribution in [0.4, 0.5) is 35.1 Å². The van der Waals surface area contributed by atoms with Crippen LogP contribution in [-0.4, -0.2) is 9.13 Å². The molecule has 0 unspecified atom stereocenters. The number of hydrogen-bond acceptors (Lipinski definition) is 0. The minimum atomic E-state index is -5.46. The highest BCUT2D eigenvalue weighted by molar-refractivity contribution is 6.13. The van der Waals surface area contributed by atoms with Crippen LogP contribution >= 0.6 is 0 Å². The van der Waals surface area contributed by atoms with Crippen LogP contribution in [0.1, 0.15) is 11.1 Å². The van der Waals surface area contributed by atoms with Crippen LogP contribution in [0.2, 0.25) is 0 Å². The third kappa shape index (κ3) is 5.08. The topological polar surface area (TPSA) is 9.86 Å². The SMILES string of the molecule is Fc1cccc(-c2c(-n3c4ccccc4c4ccccc43)c(-c3cccc(F)c3)c(C(F)(F)F)c(-n3c4ccccc4c4ccccc43)c2C(F)(F)F)c1. The molecular weight excluding hydrogens is 708 g/mol. The monoisotopic (exact) mass is 732 g/mol. The summed E-state index contributed by atoms with van der Waals surface area (Å²) in [4.78, 5) is 0. The van der Waals surface area contributed by atoms with E-state index in [-0.39, 0.29) is 22.2 Å². The van der Waals surface area contributed by atoms with E-state index in [1.807, 2.05) is 0 Å². The summed E-state index contributed by atoms with van der Waals surface area (Å²) < 4.78 is 131. The van der Waals surface area contributed by atoms with Crippen molar-refractivity contribution in [2.75, 3.05) is 0 Å². The smallest absolute Gasteiger partial charge is 0.308 e. The number of rotatable bonds is 4. The molecule has 0 atom stereocenters. The van der Waals surface area contributed by atoms with Crippen LogP contribution in [0, 0.1) is 11.6 Å². The van der Waals surface area contributed by atoms with E-state index in [1.165, 1.54) is 53.1 Å². The summed E-state index contributed by atoms with van der Waals surface area (Å²) >= 11 is 0. The summed E-state index contributed by atoms with van der Waals surface area (Å²) in [5, 5.41) is 1.94. The Labute approximate surface area is 301 Å². The molecule has 10 heteroatoms. The molecule has 0 saturated carbocycles. The fraction of sp³-hybridized carbons (Fsp3) is 0.0455. The van der Waals surface area contributed by atoms with Crippen molar-refractivity contribution in [3.8, 4) is 33.6 Å². The molecule has 0 N–H and O–H groups in total. The number of alkyl halides is 6. The largest absolute Gasteiger partial charge is 0.419 e. The van der Waals surface area contributed by atoms with E-state index < -0.39 is 57.6 Å². The molecule has 9 rings (SSSR count). The Hall–Kier alpha value is -6.42. The van der Waals surface area contributed by atoms with Gasteiger partial charge in [0, 0.05) is 32.7 Å². The predicted molar refractivity (Wildman–Crippen MR) is 196 cm³/mol. The summed E-state index contributed by atoms with van der Waals surface area (Å²) in [7, 11) is 0. The Morgan fingerprint density at radius 1 is 0.352 bits per heavy atom. The van der Waals surface area contributed by atoms with Crippen LogP contribution < -0.4 is 0 Å². The van der Waals surface area contributed by atoms with E-state index in [1.54, 1.807) is 72.8 Å². The molecule has 0 aliphatic rings. The van der Waals surface area contributed by atoms with Gasteiger partial charge < -0.3 is 9.13 Å². The summed E-state index contributed by atoms with van der Waals surface area (Å²) in [6.45, 7) is 0. The van der Waals surface area contributed by atoms with E-state index >= 15 is 35.1 Å². The Balaban J connectivity index is 1.67. The van der Waals surface area contributed by atoms with Gasteiger partial charge in [-0.1, -0.05) is 97.1 Å². The minimum absolute atomic E-state index is 0.0784. The van der Waals surface area contributed by atoms with Crippen molar-refractivity contribution in [3.63, 3.8) is 0 Å². The first-order valence-electron chi connectivity index (χ1n) is 16.8. The van der Waals surface area contributed by atoms with Crippen LogP contribution in [0.3, 0.4) is 0 Å². The van der Waals surface area contributed by atoms with Crippen molar-refractivity contribution in [1.82, 2.24) is 9.13 Å². The van der Waals surface area contributed by atoms with Gasteiger partial charge in [0.15, 0.2) is 0 Å². The van der Waals surface area contributed by atoms with Crippen LogP contribution in [0.15, 0.2) is 146 Å². The lowest BCUT2D eigenvalue weighted by atomic mass is 9.85. The van der Waals surface area contributed by atoms with Crippen LogP contribution in [0.25, 0.3) is 77.2 Å². The van der Waals surface area contributed by atoms with E-state index in [4.69, 9.17) is 0 Å². The number of aromatic nitrogens is 2. The number of nitrogens with zero attached hydrogens (tertiary/aromatic N) is 2. The molecule has 0 bridgehead atoms. The van der Waals surface area contributed by atoms with Crippen molar-refractivity contribution in [2.45, 2.75) is 12.4 Å². The highest BCUT2D eigenvalue weighted by Gasteiger charge is 2.49. The van der Waals surface area contributed by atoms with E-state index in [9.17, 15) is 0 Å². The summed E-state index contributed by atoms with van der Waals surface area (Å²) in [6.07, 6.45) is -10.9. The average molecular weight is 733 g/mol. The molecule has 0 saturated heterocycles. The van der Waals surface area contributed by atoms with Gasteiger partial charge in [-0.05, 0) is 59.7 Å². The quantitative estimate of drug-likeness (QED) is 0.160. The van der Waals surface area contributed by atoms with Gasteiger partial charge in [-0.15, -0.1) is 0 Å². The maximum Gasteiger partial charge on any atom is 0.419 e. The molecule has 0 radical (unpaired) electrons. The zero-order valence-electron chi connectivity index (χ0n) is 27.8. The van der Waals surface area contributed by atoms with E-state index in [2.05, 4.69) is 0 Å². The van der Waals surface area contributed by atoms with Crippen LogP contribution in [0.5, 0.6) is 0 Å². The van der Waals surface area contributed by atoms with Gasteiger partial charge >= 0.3 is 12.4 Å². The number of para-hydroxylation sites is 4. The molecule has 0 aliphatic heterocycles. The van der Waals surface area contributed by atoms with Gasteiger partial charge in [-0.25, -0.2) is 8.78 Å². The van der Waals surface area contributed by atoms with Crippen molar-refractivity contribution < 1.29 is 35.1 Å². The lowest BCUT2D eigenvalue weighted by Gasteiger charge is -2.31. The molecule has 9 aromatic rings. The standard InChI is InChI=1S/C44H24F8N2/c45-27-13-9-11-25(23-27)37-39(43(47,48)49)42(54-35-21-7-3-17-31(35)32-18-4-8-22-36(32)54)40(44(50,51)52)38(26-12-10-14-28(46)24-26)41(37)53-33-19-5-1-15-29(33)30-16-2-6-20-34(30)53/h1-24H. The lowest BCUT2D eigenvalue weighted by molar-refractivity contribution is -0.142. The maximum absolute atomic E-state index is 16.4. The minimum Gasteiger partial charge on any atom is -0.308 e. The van der Waals surface area contributed by atoms with Gasteiger partial charge in [0.05, 0.1) is 44.6 Å². The molecule has 0 spiro atoms. The molecule has 2 aromatic heterocycles. The first-order valence-corrected chi connectivity index (χ1v) is 16.8. The van der Waals surface area contributed by atoms with E-state index in [0.29, 0.717) is 32.6 Å². The average Bonchev–Trinajstić information content (AvgIpc) is 3.66. The predicted octanol–water partition coefficient (Wildman–Crippen LogP) is 13.5. The normalized spacial score (nSPS) is 12.4. The number of halogens is 8. The molecule has 2 heterocycles. The van der Waals surface area contributed by atoms with Gasteiger partial charge in [0.1, 0.15) is 11.6 Å². The third-order valence-corrected chi connectivity index (χ3v) is 9.85. The van der Waals surface area contributed by atoms with Crippen molar-refractivity contribution in [2.24, 2.45) is 0 Å². The highest BCUT2D eigenvalue weighted by Crippen LogP contribution is 2.56. The fourth-order valence-corrected chi connectivity index (χ4v) is 7.90. The molecule has 0 fully saturated rings. The van der Waals surface area contributed by atoms with Gasteiger partial charge in [-0.3, -0.25) is 0 Å². The summed E-state index contributed by atoms with van der Waals surface area (Å²) in [5.41, 5.74) is -6.35. The van der Waals surface area contributed by atoms with Gasteiger partial charge in [-0.2, -0.15) is 26.3 Å². The highest BCUT2D eigenvalue weighted by atomic mass is 19.4. The molecule has 0 aliphatic carbocycles. The second-order valence-electron chi connectivity index (χ2n) is 13.0. The summed E-state index contributed by atoms with van der Waals surface area (Å²) in [5.74, 6) is -1.81. The molecule has 54 heavy (non-hydrogen) atoms. The van der Waals surface area contributed by atoms with Gasteiger partial charge in [0.2, 0.25) is 0 Å². The third-order valence-electron chi connectivity index (χ3n) is 9.85. The van der Waals surface area contributed by atoms with Crippen molar-refractivity contribution in [1.29, 1.82) is 0 Å². The lowest BCUT2D eigenvalue weighted by Crippen LogP contribution is -2.23. The van der Waals surface area contributed by atoms with Gasteiger partial charge in [0.25, 0.3) is 0 Å². The van der Waals surface area contributed by atoms with Crippen molar-refractivity contribution in [3.05, 3.63) is 168 Å². The Bertz CT molecular complexity index is 2760. The zero-order valence-corrected chi connectivity index (χ0v) is 27.8. The first-order chi connectivity index (χ1) is 25.9. The number of hydrogen-bond donors (Lipinski definition) is 0. The molecule has 7 aromatic carbocycles. The maximum atomic E-state index is 16.4. The van der Waals surface area contributed by atoms with Crippen LogP contribution in [-0.2, 0) is 12.4 Å². The first kappa shape index (κ1) is 33.4. The Morgan fingerprint density at radius 2 is 0.667 bits per heavy atom. The molecule has 266 valence electrons. The second-order valence-corrected chi connectivity index (χ2v) is 13.0. The fourth-order valence-electron chi connectivity index (χ4n) is 7.90. The Morgan fingerprint density at radius 3 is 0.981 bits per heavy atom. The molecular formula is C44H24F8N2. The number of benzene rings is 7.